The molecule has 0 saturated heterocycles. The highest BCUT2D eigenvalue weighted by molar-refractivity contribution is 7.85. The van der Waals surface area contributed by atoms with Crippen LogP contribution in [-0.2, 0) is 14.9 Å². The lowest BCUT2D eigenvalue weighted by Crippen LogP contribution is -2.50. The minimum Gasteiger partial charge on any atom is -0.387 e. The van der Waals surface area contributed by atoms with Crippen molar-refractivity contribution in [3.05, 3.63) is 36.5 Å². The average Bonchev–Trinajstić information content (AvgIpc) is 3.14. The van der Waals surface area contributed by atoms with Crippen molar-refractivity contribution in [3.63, 3.8) is 0 Å². The summed E-state index contributed by atoms with van der Waals surface area (Å²) in [5.41, 5.74) is 0. The Morgan fingerprint density at radius 1 is 0.500 bits per heavy atom. The second-order valence-corrected chi connectivity index (χ2v) is 17.3. The smallest absolute Gasteiger partial charge is 0.267 e. The molecule has 0 rings (SSSR count). The van der Waals surface area contributed by atoms with Crippen molar-refractivity contribution in [3.8, 4) is 0 Å². The van der Waals surface area contributed by atoms with Crippen LogP contribution in [0, 0.1) is 0 Å². The minimum atomic E-state index is -4.45. The monoisotopic (exact) mass is 782 g/mol. The van der Waals surface area contributed by atoms with E-state index in [4.69, 9.17) is 0 Å². The molecule has 0 aliphatic heterocycles. The maximum Gasteiger partial charge on any atom is 0.267 e. The van der Waals surface area contributed by atoms with Crippen LogP contribution >= 0.6 is 0 Å². The molecule has 1 amide bonds. The number of allylic oxidation sites excluding steroid dienone is 5. The summed E-state index contributed by atoms with van der Waals surface area (Å²) in [7, 11) is -4.45. The molecule has 0 fully saturated rings. The number of unbranched alkanes of at least 4 members (excludes halogenated alkanes) is 28. The molecule has 0 aromatic rings. The molecule has 0 aromatic heterocycles. The summed E-state index contributed by atoms with van der Waals surface area (Å²) in [5, 5.41) is 23.4. The van der Waals surface area contributed by atoms with E-state index in [0.717, 1.165) is 38.5 Å². The van der Waals surface area contributed by atoms with Crippen LogP contribution in [0.3, 0.4) is 0 Å². The predicted molar refractivity (Wildman–Crippen MR) is 231 cm³/mol. The van der Waals surface area contributed by atoms with Gasteiger partial charge in [-0.05, 0) is 57.8 Å². The summed E-state index contributed by atoms with van der Waals surface area (Å²) in [4.78, 5) is 12.6. The quantitative estimate of drug-likeness (QED) is 0.0278. The SMILES string of the molecule is CCCCCCCCCCCC/C=C/CC/C=C/C(O)C(CS(=O)(=O)O)NC(=O)C(O)CCCCCCCC/C=C\CCCCCCCCCCCCC. The van der Waals surface area contributed by atoms with Gasteiger partial charge in [-0.3, -0.25) is 9.35 Å². The number of nitrogens with one attached hydrogen (secondary N) is 1. The second-order valence-electron chi connectivity index (χ2n) is 15.8. The van der Waals surface area contributed by atoms with Crippen LogP contribution in [0.4, 0.5) is 0 Å². The molecule has 0 aromatic carbocycles. The Hall–Kier alpha value is -1.48. The number of hydrogen-bond acceptors (Lipinski definition) is 5. The molecule has 0 spiro atoms. The van der Waals surface area contributed by atoms with Crippen molar-refractivity contribution in [2.75, 3.05) is 5.75 Å². The van der Waals surface area contributed by atoms with Crippen LogP contribution in [0.2, 0.25) is 0 Å². The van der Waals surface area contributed by atoms with Crippen molar-refractivity contribution in [1.29, 1.82) is 0 Å². The van der Waals surface area contributed by atoms with Gasteiger partial charge in [0.15, 0.2) is 0 Å². The van der Waals surface area contributed by atoms with Gasteiger partial charge in [-0.2, -0.15) is 8.42 Å². The first kappa shape index (κ1) is 52.5. The zero-order valence-corrected chi connectivity index (χ0v) is 36.0. The zero-order chi connectivity index (χ0) is 39.8. The largest absolute Gasteiger partial charge is 0.387 e. The molecule has 4 N–H and O–H groups in total. The highest BCUT2D eigenvalue weighted by atomic mass is 32.2. The van der Waals surface area contributed by atoms with Crippen LogP contribution in [0.25, 0.3) is 0 Å². The number of carbonyl (C=O) groups is 1. The summed E-state index contributed by atoms with van der Waals surface area (Å²) in [6.45, 7) is 4.52. The van der Waals surface area contributed by atoms with Crippen molar-refractivity contribution in [1.82, 2.24) is 5.32 Å². The molecule has 0 aliphatic carbocycles. The Morgan fingerprint density at radius 3 is 1.22 bits per heavy atom. The summed E-state index contributed by atoms with van der Waals surface area (Å²) in [6.07, 6.45) is 49.2. The Balaban J connectivity index is 4.00. The Kier molecular flexibility index (Phi) is 38.7. The average molecular weight is 782 g/mol. The molecule has 0 aliphatic rings. The van der Waals surface area contributed by atoms with E-state index in [2.05, 4.69) is 43.5 Å². The maximum atomic E-state index is 12.6. The van der Waals surface area contributed by atoms with Gasteiger partial charge in [0.1, 0.15) is 6.10 Å². The van der Waals surface area contributed by atoms with E-state index in [9.17, 15) is 28.0 Å². The van der Waals surface area contributed by atoms with Gasteiger partial charge < -0.3 is 15.5 Å². The number of aliphatic hydroxyl groups excluding tert-OH is 2. The van der Waals surface area contributed by atoms with E-state index in [1.807, 2.05) is 0 Å². The number of amides is 1. The lowest BCUT2D eigenvalue weighted by molar-refractivity contribution is -0.130. The third kappa shape index (κ3) is 38.8. The van der Waals surface area contributed by atoms with E-state index in [1.54, 1.807) is 6.08 Å². The summed E-state index contributed by atoms with van der Waals surface area (Å²) >= 11 is 0. The van der Waals surface area contributed by atoms with E-state index in [-0.39, 0.29) is 6.42 Å². The first-order valence-corrected chi connectivity index (χ1v) is 24.4. The Labute approximate surface area is 334 Å². The van der Waals surface area contributed by atoms with Gasteiger partial charge in [0.25, 0.3) is 10.1 Å². The van der Waals surface area contributed by atoms with Gasteiger partial charge in [-0.25, -0.2) is 0 Å². The van der Waals surface area contributed by atoms with E-state index >= 15 is 0 Å². The summed E-state index contributed by atoms with van der Waals surface area (Å²) in [6, 6.07) is -1.25. The fourth-order valence-corrected chi connectivity index (χ4v) is 7.61. The Morgan fingerprint density at radius 2 is 0.833 bits per heavy atom. The van der Waals surface area contributed by atoms with Gasteiger partial charge in [0.05, 0.1) is 17.9 Å². The van der Waals surface area contributed by atoms with Gasteiger partial charge in [0.2, 0.25) is 5.91 Å². The fourth-order valence-electron chi connectivity index (χ4n) is 6.88. The van der Waals surface area contributed by atoms with Crippen molar-refractivity contribution in [2.24, 2.45) is 0 Å². The van der Waals surface area contributed by atoms with Crippen LogP contribution in [0.5, 0.6) is 0 Å². The van der Waals surface area contributed by atoms with Crippen LogP contribution in [0.1, 0.15) is 226 Å². The highest BCUT2D eigenvalue weighted by Gasteiger charge is 2.27. The molecule has 3 atom stereocenters. The molecule has 8 heteroatoms. The maximum absolute atomic E-state index is 12.6. The third-order valence-corrected chi connectivity index (χ3v) is 11.2. The van der Waals surface area contributed by atoms with Crippen molar-refractivity contribution in [2.45, 2.75) is 244 Å². The van der Waals surface area contributed by atoms with Crippen LogP contribution in [-0.4, -0.2) is 53.1 Å². The van der Waals surface area contributed by atoms with Gasteiger partial charge in [-0.1, -0.05) is 204 Å². The first-order chi connectivity index (χ1) is 26.2. The molecular weight excluding hydrogens is 695 g/mol. The number of aliphatic hydroxyl groups is 2. The highest BCUT2D eigenvalue weighted by Crippen LogP contribution is 2.15. The number of hydrogen-bond donors (Lipinski definition) is 4. The lowest BCUT2D eigenvalue weighted by atomic mass is 10.0. The van der Waals surface area contributed by atoms with E-state index < -0.39 is 40.0 Å². The van der Waals surface area contributed by atoms with Gasteiger partial charge >= 0.3 is 0 Å². The normalized spacial score (nSPS) is 14.1. The predicted octanol–water partition coefficient (Wildman–Crippen LogP) is 12.7. The first-order valence-electron chi connectivity index (χ1n) is 22.8. The van der Waals surface area contributed by atoms with Gasteiger partial charge in [0, 0.05) is 0 Å². The van der Waals surface area contributed by atoms with Gasteiger partial charge in [-0.15, -0.1) is 0 Å². The molecule has 7 nitrogen and oxygen atoms in total. The molecule has 0 saturated carbocycles. The molecule has 318 valence electrons. The standard InChI is InChI=1S/C46H87NO6S/c1-3-5-7-9-11-13-15-17-19-21-22-23-24-25-27-29-31-33-35-37-39-41-45(49)46(50)47-43(42-54(51,52)53)44(48)40-38-36-34-32-30-28-26-20-18-16-14-12-10-8-6-4-2/h24-25,30,32,38,40,43-45,48-49H,3-23,26-29,31,33-37,39,41-42H2,1-2H3,(H,47,50)(H,51,52,53)/b25-24-,32-30+,40-38+. The second kappa shape index (κ2) is 39.7. The minimum absolute atomic E-state index is 0.267. The van der Waals surface area contributed by atoms with Crippen molar-refractivity contribution < 1.29 is 28.0 Å². The molecule has 0 bridgehead atoms. The molecule has 3 unspecified atom stereocenters. The molecular formula is C46H87NO6S. The topological polar surface area (TPSA) is 124 Å². The summed E-state index contributed by atoms with van der Waals surface area (Å²) in [5.74, 6) is -1.56. The van der Waals surface area contributed by atoms with E-state index in [1.165, 1.54) is 160 Å². The summed E-state index contributed by atoms with van der Waals surface area (Å²) < 4.78 is 32.6. The van der Waals surface area contributed by atoms with Crippen LogP contribution < -0.4 is 5.32 Å². The van der Waals surface area contributed by atoms with Crippen molar-refractivity contribution >= 4 is 16.0 Å². The zero-order valence-electron chi connectivity index (χ0n) is 35.2. The third-order valence-electron chi connectivity index (χ3n) is 10.4. The number of rotatable bonds is 41. The fraction of sp³-hybridized carbons (Fsp3) is 0.848. The number of carbonyl (C=O) groups excluding carboxylic acids is 1. The lowest BCUT2D eigenvalue weighted by Gasteiger charge is -2.22. The molecule has 0 radical (unpaired) electrons. The molecule has 0 heterocycles. The Bertz CT molecular complexity index is 1010. The van der Waals surface area contributed by atoms with E-state index in [0.29, 0.717) is 12.8 Å². The molecule has 54 heavy (non-hydrogen) atoms. The van der Waals surface area contributed by atoms with Crippen LogP contribution in [0.15, 0.2) is 36.5 Å².